The average Bonchev–Trinajstić information content (AvgIpc) is 2.82. The van der Waals surface area contributed by atoms with Gasteiger partial charge in [-0.3, -0.25) is 9.32 Å². The number of halogens is 1. The van der Waals surface area contributed by atoms with Crippen LogP contribution >= 0.6 is 19.5 Å². The van der Waals surface area contributed by atoms with Crippen molar-refractivity contribution in [1.29, 1.82) is 0 Å². The Labute approximate surface area is 192 Å². The SMILES string of the molecule is CCOC(=O)[C@H](Cc1ccccc1)N(Cl)[P@](=O)(OC)Oc1ccc(/C=C/C(=O)OC)cc1. The third-order valence-electron chi connectivity index (χ3n) is 4.27. The summed E-state index contributed by atoms with van der Waals surface area (Å²) in [5, 5.41) is 0. The lowest BCUT2D eigenvalue weighted by Gasteiger charge is -2.29. The Hall–Kier alpha value is -2.64. The van der Waals surface area contributed by atoms with Crippen LogP contribution in [0.3, 0.4) is 0 Å². The topological polar surface area (TPSA) is 91.4 Å². The number of benzene rings is 2. The number of esters is 2. The van der Waals surface area contributed by atoms with E-state index < -0.39 is 25.7 Å². The van der Waals surface area contributed by atoms with E-state index in [1.54, 1.807) is 25.1 Å². The minimum atomic E-state index is -4.13. The van der Waals surface area contributed by atoms with Crippen molar-refractivity contribution in [2.75, 3.05) is 20.8 Å². The zero-order chi connectivity index (χ0) is 23.6. The summed E-state index contributed by atoms with van der Waals surface area (Å²) in [6.07, 6.45) is 2.96. The van der Waals surface area contributed by atoms with Gasteiger partial charge >= 0.3 is 19.7 Å². The van der Waals surface area contributed by atoms with E-state index in [0.717, 1.165) is 9.75 Å². The largest absolute Gasteiger partial charge is 0.475 e. The number of hydrogen-bond acceptors (Lipinski definition) is 7. The summed E-state index contributed by atoms with van der Waals surface area (Å²) < 4.78 is 34.5. The van der Waals surface area contributed by atoms with Crippen molar-refractivity contribution in [3.63, 3.8) is 0 Å². The van der Waals surface area contributed by atoms with E-state index in [9.17, 15) is 14.2 Å². The molecule has 0 heterocycles. The van der Waals surface area contributed by atoms with Crippen LogP contribution in [0.25, 0.3) is 6.08 Å². The van der Waals surface area contributed by atoms with Crippen LogP contribution in [0.2, 0.25) is 0 Å². The highest BCUT2D eigenvalue weighted by atomic mass is 35.5. The predicted octanol–water partition coefficient (Wildman–Crippen LogP) is 4.64. The highest BCUT2D eigenvalue weighted by Gasteiger charge is 2.43. The lowest BCUT2D eigenvalue weighted by Crippen LogP contribution is -2.37. The summed E-state index contributed by atoms with van der Waals surface area (Å²) in [5.74, 6) is -0.954. The maximum absolute atomic E-state index is 13.4. The molecule has 0 fully saturated rings. The van der Waals surface area contributed by atoms with Gasteiger partial charge in [0, 0.05) is 19.6 Å². The Morgan fingerprint density at radius 3 is 2.31 bits per heavy atom. The molecule has 0 aliphatic carbocycles. The van der Waals surface area contributed by atoms with Crippen molar-refractivity contribution >= 4 is 37.5 Å². The Balaban J connectivity index is 2.23. The molecule has 0 aliphatic rings. The molecule has 0 spiro atoms. The summed E-state index contributed by atoms with van der Waals surface area (Å²) in [6.45, 7) is 1.80. The van der Waals surface area contributed by atoms with Crippen LogP contribution in [-0.2, 0) is 34.6 Å². The van der Waals surface area contributed by atoms with Crippen LogP contribution in [0.4, 0.5) is 0 Å². The van der Waals surface area contributed by atoms with Crippen molar-refractivity contribution in [2.45, 2.75) is 19.4 Å². The molecule has 172 valence electrons. The summed E-state index contributed by atoms with van der Waals surface area (Å²) in [7, 11) is -1.67. The van der Waals surface area contributed by atoms with Crippen molar-refractivity contribution in [1.82, 2.24) is 4.19 Å². The Bertz CT molecular complexity index is 966. The highest BCUT2D eigenvalue weighted by Crippen LogP contribution is 2.54. The second-order valence-corrected chi connectivity index (χ2v) is 8.93. The number of nitrogens with zero attached hydrogens (tertiary/aromatic N) is 1. The number of hydrogen-bond donors (Lipinski definition) is 0. The van der Waals surface area contributed by atoms with E-state index in [1.165, 1.54) is 32.4 Å². The van der Waals surface area contributed by atoms with Gasteiger partial charge in [0.15, 0.2) is 0 Å². The molecule has 0 radical (unpaired) electrons. The van der Waals surface area contributed by atoms with Gasteiger partial charge in [-0.15, -0.1) is 0 Å². The summed E-state index contributed by atoms with van der Waals surface area (Å²) in [5.41, 5.74) is 1.48. The van der Waals surface area contributed by atoms with Gasteiger partial charge in [0.25, 0.3) is 0 Å². The first-order valence-corrected chi connectivity index (χ1v) is 11.5. The van der Waals surface area contributed by atoms with Gasteiger partial charge in [-0.25, -0.2) is 9.36 Å². The molecule has 10 heteroatoms. The van der Waals surface area contributed by atoms with E-state index >= 15 is 0 Å². The fourth-order valence-electron chi connectivity index (χ4n) is 2.65. The molecule has 0 amide bonds. The van der Waals surface area contributed by atoms with Gasteiger partial charge in [0.2, 0.25) is 0 Å². The lowest BCUT2D eigenvalue weighted by molar-refractivity contribution is -0.146. The van der Waals surface area contributed by atoms with Crippen LogP contribution < -0.4 is 4.52 Å². The molecule has 2 aromatic rings. The lowest BCUT2D eigenvalue weighted by atomic mass is 10.1. The molecule has 8 nitrogen and oxygen atoms in total. The van der Waals surface area contributed by atoms with Crippen molar-refractivity contribution in [2.24, 2.45) is 0 Å². The number of carbonyl (C=O) groups is 2. The zero-order valence-corrected chi connectivity index (χ0v) is 19.6. The average molecular weight is 482 g/mol. The van der Waals surface area contributed by atoms with Crippen LogP contribution in [0.5, 0.6) is 5.75 Å². The van der Waals surface area contributed by atoms with E-state index in [0.29, 0.717) is 5.56 Å². The monoisotopic (exact) mass is 481 g/mol. The Morgan fingerprint density at radius 1 is 1.09 bits per heavy atom. The summed E-state index contributed by atoms with van der Waals surface area (Å²) in [6, 6.07) is 14.3. The quantitative estimate of drug-likeness (QED) is 0.198. The zero-order valence-electron chi connectivity index (χ0n) is 18.0. The van der Waals surface area contributed by atoms with Crippen LogP contribution in [0.1, 0.15) is 18.1 Å². The Kier molecular flexibility index (Phi) is 9.94. The molecule has 0 aliphatic heterocycles. The molecule has 0 saturated heterocycles. The molecule has 0 bridgehead atoms. The second kappa shape index (κ2) is 12.4. The van der Waals surface area contributed by atoms with Gasteiger partial charge in [-0.2, -0.15) is 0 Å². The first-order chi connectivity index (χ1) is 15.3. The van der Waals surface area contributed by atoms with Gasteiger partial charge in [-0.05, 0) is 48.0 Å². The smallest absolute Gasteiger partial charge is 0.466 e. The van der Waals surface area contributed by atoms with Crippen LogP contribution in [0.15, 0.2) is 60.7 Å². The number of carbonyl (C=O) groups excluding carboxylic acids is 2. The molecule has 32 heavy (non-hydrogen) atoms. The van der Waals surface area contributed by atoms with Crippen molar-refractivity contribution in [3.8, 4) is 5.75 Å². The fourth-order valence-corrected chi connectivity index (χ4v) is 4.29. The third-order valence-corrected chi connectivity index (χ3v) is 6.71. The molecule has 0 N–H and O–H groups in total. The van der Waals surface area contributed by atoms with Crippen molar-refractivity contribution in [3.05, 3.63) is 71.8 Å². The molecule has 0 unspecified atom stereocenters. The van der Waals surface area contributed by atoms with E-state index in [-0.39, 0.29) is 18.8 Å². The van der Waals surface area contributed by atoms with Crippen LogP contribution in [0, 0.1) is 0 Å². The van der Waals surface area contributed by atoms with E-state index in [2.05, 4.69) is 4.74 Å². The van der Waals surface area contributed by atoms with Gasteiger partial charge in [0.05, 0.1) is 13.7 Å². The third kappa shape index (κ3) is 7.21. The van der Waals surface area contributed by atoms with Crippen molar-refractivity contribution < 1.29 is 32.7 Å². The fraction of sp³-hybridized carbons (Fsp3) is 0.273. The number of methoxy groups -OCH3 is 1. The van der Waals surface area contributed by atoms with E-state index in [4.69, 9.17) is 25.6 Å². The minimum absolute atomic E-state index is 0.132. The number of ether oxygens (including phenoxy) is 2. The highest BCUT2D eigenvalue weighted by molar-refractivity contribution is 7.53. The minimum Gasteiger partial charge on any atom is -0.466 e. The first kappa shape index (κ1) is 25.6. The molecule has 2 atom stereocenters. The molecule has 2 aromatic carbocycles. The first-order valence-electron chi connectivity index (χ1n) is 9.70. The standard InChI is InChI=1S/C22H25ClNO7P/c1-4-30-22(26)20(16-18-8-6-5-7-9-18)24(23)32(27,29-3)31-19-13-10-17(11-14-19)12-15-21(25)28-2/h5-15,20H,4,16H2,1-3H3/b15-12+/t20-,32-/m0/s1. The molecule has 2 rings (SSSR count). The predicted molar refractivity (Wildman–Crippen MR) is 121 cm³/mol. The van der Waals surface area contributed by atoms with Gasteiger partial charge in [0.1, 0.15) is 11.8 Å². The molecular formula is C22H25ClNO7P. The van der Waals surface area contributed by atoms with Crippen LogP contribution in [-0.4, -0.2) is 43.0 Å². The maximum atomic E-state index is 13.4. The maximum Gasteiger partial charge on any atom is 0.475 e. The summed E-state index contributed by atoms with van der Waals surface area (Å²) in [4.78, 5) is 23.8. The van der Waals surface area contributed by atoms with E-state index in [1.807, 2.05) is 30.3 Å². The van der Waals surface area contributed by atoms with Gasteiger partial charge in [-0.1, -0.05) is 46.7 Å². The second-order valence-electron chi connectivity index (χ2n) is 6.41. The normalized spacial score (nSPS) is 14.0. The molecule has 0 aromatic heterocycles. The molecular weight excluding hydrogens is 457 g/mol. The Morgan fingerprint density at radius 2 is 1.75 bits per heavy atom. The van der Waals surface area contributed by atoms with Gasteiger partial charge < -0.3 is 14.0 Å². The molecule has 0 saturated carbocycles. The number of rotatable bonds is 11. The summed E-state index contributed by atoms with van der Waals surface area (Å²) >= 11 is 6.37.